The molecule has 0 radical (unpaired) electrons. The fourth-order valence-corrected chi connectivity index (χ4v) is 6.21. The highest BCUT2D eigenvalue weighted by molar-refractivity contribution is 6.35. The molecule has 10 nitrogen and oxygen atoms in total. The minimum absolute atomic E-state index is 0.149. The molecule has 0 spiro atoms. The summed E-state index contributed by atoms with van der Waals surface area (Å²) in [6.45, 7) is 8.13. The van der Waals surface area contributed by atoms with Gasteiger partial charge < -0.3 is 19.6 Å². The first-order chi connectivity index (χ1) is 20.2. The summed E-state index contributed by atoms with van der Waals surface area (Å²) < 4.78 is 16.8. The number of aromatic nitrogens is 4. The number of halogens is 2. The van der Waals surface area contributed by atoms with Crippen LogP contribution in [-0.2, 0) is 4.79 Å². The summed E-state index contributed by atoms with van der Waals surface area (Å²) in [4.78, 5) is 30.1. The van der Waals surface area contributed by atoms with Crippen molar-refractivity contribution < 1.29 is 9.18 Å². The Labute approximate surface area is 248 Å². The second-order valence-corrected chi connectivity index (χ2v) is 11.5. The number of hydrogen-bond donors (Lipinski definition) is 1. The zero-order valence-electron chi connectivity index (χ0n) is 23.7. The Morgan fingerprint density at radius 3 is 2.71 bits per heavy atom. The molecule has 216 valence electrons. The van der Waals surface area contributed by atoms with Gasteiger partial charge in [0.2, 0.25) is 11.9 Å². The molecule has 6 rings (SSSR count). The van der Waals surface area contributed by atoms with Crippen molar-refractivity contribution >= 4 is 51.1 Å². The summed E-state index contributed by atoms with van der Waals surface area (Å²) in [7, 11) is 4.06. The molecular formula is C30H31ClFN9O. The predicted octanol–water partition coefficient (Wildman–Crippen LogP) is 4.14. The molecule has 2 aliphatic rings. The van der Waals surface area contributed by atoms with E-state index >= 15 is 4.39 Å². The number of rotatable bonds is 6. The normalized spacial score (nSPS) is 17.6. The molecule has 0 unspecified atom stereocenters. The lowest BCUT2D eigenvalue weighted by Gasteiger charge is -2.44. The number of hydrogen-bond acceptors (Lipinski definition) is 8. The van der Waals surface area contributed by atoms with Gasteiger partial charge in [-0.3, -0.25) is 9.89 Å². The van der Waals surface area contributed by atoms with Crippen molar-refractivity contribution in [3.05, 3.63) is 53.5 Å². The zero-order chi connectivity index (χ0) is 29.7. The molecule has 0 bridgehead atoms. The minimum atomic E-state index is -0.530. The number of piperazine rings is 1. The van der Waals surface area contributed by atoms with Gasteiger partial charge in [-0.2, -0.15) is 15.3 Å². The number of fused-ring (bicyclic) bond motifs is 2. The number of nitrogens with one attached hydrogen (secondary N) is 1. The number of carbonyl (C=O) groups is 1. The average Bonchev–Trinajstić information content (AvgIpc) is 3.42. The monoisotopic (exact) mass is 587 g/mol. The lowest BCUT2D eigenvalue weighted by molar-refractivity contribution is -0.128. The van der Waals surface area contributed by atoms with Gasteiger partial charge in [0.1, 0.15) is 11.3 Å². The van der Waals surface area contributed by atoms with Gasteiger partial charge >= 0.3 is 0 Å². The minimum Gasteiger partial charge on any atom is -0.352 e. The Morgan fingerprint density at radius 1 is 1.21 bits per heavy atom. The van der Waals surface area contributed by atoms with Gasteiger partial charge in [-0.1, -0.05) is 24.2 Å². The van der Waals surface area contributed by atoms with E-state index < -0.39 is 5.82 Å². The van der Waals surface area contributed by atoms with Crippen LogP contribution in [0.2, 0.25) is 5.02 Å². The lowest BCUT2D eigenvalue weighted by Crippen LogP contribution is -2.58. The van der Waals surface area contributed by atoms with Gasteiger partial charge in [0.05, 0.1) is 35.3 Å². The second kappa shape index (κ2) is 10.9. The maximum Gasteiger partial charge on any atom is 0.246 e. The van der Waals surface area contributed by atoms with E-state index in [1.54, 1.807) is 17.2 Å². The molecule has 4 aromatic rings. The Kier molecular flexibility index (Phi) is 7.20. The highest BCUT2D eigenvalue weighted by atomic mass is 35.5. The van der Waals surface area contributed by atoms with E-state index in [-0.39, 0.29) is 34.5 Å². The van der Waals surface area contributed by atoms with Crippen molar-refractivity contribution in [2.45, 2.75) is 25.4 Å². The van der Waals surface area contributed by atoms with E-state index in [0.717, 1.165) is 16.5 Å². The van der Waals surface area contributed by atoms with E-state index in [2.05, 4.69) is 27.7 Å². The molecule has 0 saturated carbocycles. The number of carbonyl (C=O) groups excluding carboxylic acids is 1. The molecule has 12 heteroatoms. The molecule has 42 heavy (non-hydrogen) atoms. The molecule has 2 fully saturated rings. The van der Waals surface area contributed by atoms with E-state index in [0.29, 0.717) is 61.5 Å². The number of aromatic amines is 1. The maximum atomic E-state index is 16.8. The van der Waals surface area contributed by atoms with Crippen molar-refractivity contribution in [2.75, 3.05) is 56.6 Å². The summed E-state index contributed by atoms with van der Waals surface area (Å²) in [5.41, 5.74) is 2.74. The van der Waals surface area contributed by atoms with Crippen LogP contribution in [0.15, 0.2) is 37.1 Å². The number of H-pyrrole nitrogens is 1. The van der Waals surface area contributed by atoms with E-state index in [9.17, 15) is 10.1 Å². The SMILES string of the molecule is C=CC(=O)N1CCN(c2nc(N3CC(N(C)C)C3)nc3c(F)c(-c4c(C)ccc5[nH]ncc45)c(Cl)cc23)C[C@@H]1CC#N. The van der Waals surface area contributed by atoms with Gasteiger partial charge in [0.15, 0.2) is 5.82 Å². The third kappa shape index (κ3) is 4.61. The molecule has 4 heterocycles. The van der Waals surface area contributed by atoms with Crippen LogP contribution in [0.4, 0.5) is 16.2 Å². The summed E-state index contributed by atoms with van der Waals surface area (Å²) in [5, 5.41) is 18.1. The van der Waals surface area contributed by atoms with Crippen LogP contribution in [0.3, 0.4) is 0 Å². The van der Waals surface area contributed by atoms with Crippen molar-refractivity contribution in [2.24, 2.45) is 0 Å². The fraction of sp³-hybridized carbons (Fsp3) is 0.367. The quantitative estimate of drug-likeness (QED) is 0.335. The van der Waals surface area contributed by atoms with E-state index in [1.807, 2.05) is 43.0 Å². The first kappa shape index (κ1) is 27.9. The largest absolute Gasteiger partial charge is 0.352 e. The summed E-state index contributed by atoms with van der Waals surface area (Å²) in [6.07, 6.45) is 3.09. The van der Waals surface area contributed by atoms with Crippen LogP contribution in [-0.4, -0.2) is 94.8 Å². The smallest absolute Gasteiger partial charge is 0.246 e. The van der Waals surface area contributed by atoms with E-state index in [4.69, 9.17) is 21.6 Å². The molecule has 2 aromatic heterocycles. The number of amides is 1. The number of aryl methyl sites for hydroxylation is 1. The summed E-state index contributed by atoms with van der Waals surface area (Å²) in [6, 6.07) is 7.71. The van der Waals surface area contributed by atoms with Crippen LogP contribution in [0.5, 0.6) is 0 Å². The first-order valence-corrected chi connectivity index (χ1v) is 14.2. The van der Waals surface area contributed by atoms with Crippen LogP contribution >= 0.6 is 11.6 Å². The van der Waals surface area contributed by atoms with Crippen LogP contribution < -0.4 is 9.80 Å². The predicted molar refractivity (Wildman–Crippen MR) is 162 cm³/mol. The molecule has 2 aliphatic heterocycles. The van der Waals surface area contributed by atoms with Gasteiger partial charge in [0.25, 0.3) is 0 Å². The first-order valence-electron chi connectivity index (χ1n) is 13.8. The Balaban J connectivity index is 1.52. The van der Waals surface area contributed by atoms with Crippen LogP contribution in [0.1, 0.15) is 12.0 Å². The Morgan fingerprint density at radius 2 is 2.00 bits per heavy atom. The highest BCUT2D eigenvalue weighted by Crippen LogP contribution is 2.42. The number of likely N-dealkylation sites (N-methyl/N-ethyl adjacent to an activating group) is 1. The second-order valence-electron chi connectivity index (χ2n) is 11.1. The fourth-order valence-electron chi connectivity index (χ4n) is 5.92. The molecule has 0 aliphatic carbocycles. The number of nitrogens with zero attached hydrogens (tertiary/aromatic N) is 8. The van der Waals surface area contributed by atoms with Crippen molar-refractivity contribution in [1.29, 1.82) is 5.26 Å². The van der Waals surface area contributed by atoms with Gasteiger partial charge in [-0.05, 0) is 44.8 Å². The molecule has 1 N–H and O–H groups in total. The van der Waals surface area contributed by atoms with Crippen LogP contribution in [0, 0.1) is 24.1 Å². The summed E-state index contributed by atoms with van der Waals surface area (Å²) >= 11 is 6.88. The maximum absolute atomic E-state index is 16.8. The number of anilines is 2. The van der Waals surface area contributed by atoms with Gasteiger partial charge in [-0.25, -0.2) is 9.37 Å². The Hall–Kier alpha value is -4.27. The number of benzene rings is 2. The molecule has 1 atom stereocenters. The lowest BCUT2D eigenvalue weighted by atomic mass is 9.95. The topological polar surface area (TPSA) is 108 Å². The Bertz CT molecular complexity index is 1760. The third-order valence-corrected chi connectivity index (χ3v) is 8.67. The van der Waals surface area contributed by atoms with Crippen LogP contribution in [0.25, 0.3) is 32.9 Å². The van der Waals surface area contributed by atoms with Crippen molar-refractivity contribution in [1.82, 2.24) is 30.0 Å². The van der Waals surface area contributed by atoms with Crippen molar-refractivity contribution in [3.8, 4) is 17.2 Å². The number of nitriles is 1. The molecular weight excluding hydrogens is 557 g/mol. The zero-order valence-corrected chi connectivity index (χ0v) is 24.5. The van der Waals surface area contributed by atoms with Gasteiger partial charge in [-0.15, -0.1) is 0 Å². The summed E-state index contributed by atoms with van der Waals surface area (Å²) in [5.74, 6) is 0.212. The van der Waals surface area contributed by atoms with E-state index in [1.165, 1.54) is 6.08 Å². The average molecular weight is 588 g/mol. The van der Waals surface area contributed by atoms with Crippen molar-refractivity contribution in [3.63, 3.8) is 0 Å². The molecule has 1 amide bonds. The standard InChI is InChI=1S/C30H31ClFN9O/c1-5-24(42)41-11-10-39(14-18(41)8-9-33)29-20-12-22(31)26(25-17(2)6-7-23-21(25)13-34-37-23)27(32)28(20)35-30(36-29)40-15-19(16-40)38(3)4/h5-7,12-13,18-19H,1,8,10-11,14-16H2,2-4H3,(H,34,37)/t18-/m0/s1. The third-order valence-electron chi connectivity index (χ3n) is 8.38. The molecule has 2 aromatic carbocycles. The highest BCUT2D eigenvalue weighted by Gasteiger charge is 2.35. The molecule has 2 saturated heterocycles. The van der Waals surface area contributed by atoms with Gasteiger partial charge in [0, 0.05) is 60.7 Å².